The largest absolute Gasteiger partial charge is 0.497 e. The van der Waals surface area contributed by atoms with Gasteiger partial charge in [0.2, 0.25) is 5.91 Å². The molecule has 3 aromatic rings. The number of methoxy groups -OCH3 is 2. The molecule has 7 nitrogen and oxygen atoms in total. The van der Waals surface area contributed by atoms with Crippen molar-refractivity contribution in [1.82, 2.24) is 0 Å². The van der Waals surface area contributed by atoms with Gasteiger partial charge < -0.3 is 14.8 Å². The molecular formula is C23H23ClN2O5S. The number of carbonyl (C=O) groups is 1. The third-order valence-electron chi connectivity index (χ3n) is 4.69. The van der Waals surface area contributed by atoms with E-state index in [-0.39, 0.29) is 4.90 Å². The molecular weight excluding hydrogens is 452 g/mol. The number of rotatable bonds is 8. The summed E-state index contributed by atoms with van der Waals surface area (Å²) < 4.78 is 38.3. The minimum absolute atomic E-state index is 0.0760. The fourth-order valence-electron chi connectivity index (χ4n) is 3.00. The van der Waals surface area contributed by atoms with Gasteiger partial charge >= 0.3 is 0 Å². The highest BCUT2D eigenvalue weighted by Crippen LogP contribution is 2.29. The van der Waals surface area contributed by atoms with Crippen molar-refractivity contribution in [2.24, 2.45) is 0 Å². The van der Waals surface area contributed by atoms with Crippen LogP contribution in [-0.4, -0.2) is 35.1 Å². The first kappa shape index (κ1) is 23.4. The van der Waals surface area contributed by atoms with E-state index in [0.717, 1.165) is 9.87 Å². The van der Waals surface area contributed by atoms with Gasteiger partial charge in [-0.1, -0.05) is 29.3 Å². The SMILES string of the molecule is COc1ccc(N(CC(=O)Nc2cc(Cl)ccc2OC)S(=O)(=O)c2ccc(C)cc2)cc1. The lowest BCUT2D eigenvalue weighted by molar-refractivity contribution is -0.114. The van der Waals surface area contributed by atoms with Crippen LogP contribution in [0.4, 0.5) is 11.4 Å². The molecule has 3 rings (SSSR count). The Balaban J connectivity index is 1.96. The summed E-state index contributed by atoms with van der Waals surface area (Å²) >= 11 is 6.03. The lowest BCUT2D eigenvalue weighted by Gasteiger charge is -2.24. The zero-order valence-corrected chi connectivity index (χ0v) is 19.4. The first-order valence-corrected chi connectivity index (χ1v) is 11.4. The number of ether oxygens (including phenoxy) is 2. The first-order valence-electron chi connectivity index (χ1n) is 9.61. The van der Waals surface area contributed by atoms with Crippen LogP contribution in [0.25, 0.3) is 0 Å². The third-order valence-corrected chi connectivity index (χ3v) is 6.72. The summed E-state index contributed by atoms with van der Waals surface area (Å²) in [5.74, 6) is 0.409. The summed E-state index contributed by atoms with van der Waals surface area (Å²) in [6.07, 6.45) is 0. The van der Waals surface area contributed by atoms with E-state index in [2.05, 4.69) is 5.32 Å². The Kier molecular flexibility index (Phi) is 7.27. The standard InChI is InChI=1S/C23H23ClN2O5S/c1-16-4-11-20(12-5-16)32(28,29)26(18-7-9-19(30-2)10-8-18)15-23(27)25-21-14-17(24)6-13-22(21)31-3/h4-14H,15H2,1-3H3,(H,25,27). The van der Waals surface area contributed by atoms with Crippen molar-refractivity contribution in [3.05, 3.63) is 77.3 Å². The Hall–Kier alpha value is -3.23. The van der Waals surface area contributed by atoms with Gasteiger partial charge in [0.1, 0.15) is 18.0 Å². The minimum atomic E-state index is -4.03. The zero-order valence-electron chi connectivity index (χ0n) is 17.8. The van der Waals surface area contributed by atoms with Crippen LogP contribution in [0.2, 0.25) is 5.02 Å². The van der Waals surface area contributed by atoms with Gasteiger partial charge in [-0.3, -0.25) is 9.10 Å². The lowest BCUT2D eigenvalue weighted by Crippen LogP contribution is -2.38. The average Bonchev–Trinajstić information content (AvgIpc) is 2.78. The van der Waals surface area contributed by atoms with Crippen LogP contribution in [0, 0.1) is 6.92 Å². The lowest BCUT2D eigenvalue weighted by atomic mass is 10.2. The predicted octanol–water partition coefficient (Wildman–Crippen LogP) is 4.50. The quantitative estimate of drug-likeness (QED) is 0.519. The van der Waals surface area contributed by atoms with Crippen LogP contribution in [0.1, 0.15) is 5.56 Å². The van der Waals surface area contributed by atoms with E-state index >= 15 is 0 Å². The van der Waals surface area contributed by atoms with E-state index in [0.29, 0.717) is 27.9 Å². The predicted molar refractivity (Wildman–Crippen MR) is 125 cm³/mol. The number of halogens is 1. The molecule has 9 heteroatoms. The summed E-state index contributed by atoms with van der Waals surface area (Å²) in [5.41, 5.74) is 1.58. The monoisotopic (exact) mass is 474 g/mol. The minimum Gasteiger partial charge on any atom is -0.497 e. The van der Waals surface area contributed by atoms with Gasteiger partial charge in [-0.2, -0.15) is 0 Å². The van der Waals surface area contributed by atoms with Crippen molar-refractivity contribution in [2.75, 3.05) is 30.4 Å². The maximum absolute atomic E-state index is 13.4. The van der Waals surface area contributed by atoms with Gasteiger partial charge in [0.25, 0.3) is 10.0 Å². The maximum atomic E-state index is 13.4. The molecule has 0 saturated heterocycles. The van der Waals surface area contributed by atoms with Crippen molar-refractivity contribution in [1.29, 1.82) is 0 Å². The average molecular weight is 475 g/mol. The number of nitrogens with zero attached hydrogens (tertiary/aromatic N) is 1. The molecule has 0 aromatic heterocycles. The number of anilines is 2. The fourth-order valence-corrected chi connectivity index (χ4v) is 4.59. The molecule has 168 valence electrons. The fraction of sp³-hybridized carbons (Fsp3) is 0.174. The normalized spacial score (nSPS) is 11.0. The van der Waals surface area contributed by atoms with E-state index < -0.39 is 22.5 Å². The molecule has 0 radical (unpaired) electrons. The number of nitrogens with one attached hydrogen (secondary N) is 1. The van der Waals surface area contributed by atoms with Crippen LogP contribution in [0.3, 0.4) is 0 Å². The van der Waals surface area contributed by atoms with E-state index in [1.807, 2.05) is 6.92 Å². The Bertz CT molecular complexity index is 1200. The van der Waals surface area contributed by atoms with Crippen LogP contribution < -0.4 is 19.1 Å². The summed E-state index contributed by atoms with van der Waals surface area (Å²) in [6.45, 7) is 1.40. The van der Waals surface area contributed by atoms with Gasteiger partial charge in [-0.05, 0) is 61.5 Å². The molecule has 0 atom stereocenters. The molecule has 1 amide bonds. The summed E-state index contributed by atoms with van der Waals surface area (Å²) in [5, 5.41) is 3.08. The molecule has 0 unspecified atom stereocenters. The van der Waals surface area contributed by atoms with Gasteiger partial charge in [0, 0.05) is 5.02 Å². The van der Waals surface area contributed by atoms with E-state index in [1.165, 1.54) is 32.4 Å². The molecule has 0 aliphatic rings. The first-order chi connectivity index (χ1) is 15.2. The van der Waals surface area contributed by atoms with Crippen molar-refractivity contribution < 1.29 is 22.7 Å². The van der Waals surface area contributed by atoms with Crippen LogP contribution in [0.5, 0.6) is 11.5 Å². The number of amides is 1. The van der Waals surface area contributed by atoms with E-state index in [1.54, 1.807) is 48.5 Å². The number of hydrogen-bond donors (Lipinski definition) is 1. The number of sulfonamides is 1. The van der Waals surface area contributed by atoms with Crippen molar-refractivity contribution in [2.45, 2.75) is 11.8 Å². The molecule has 0 aliphatic carbocycles. The molecule has 0 saturated carbocycles. The Labute approximate surface area is 192 Å². The molecule has 0 aliphatic heterocycles. The van der Waals surface area contributed by atoms with E-state index in [4.69, 9.17) is 21.1 Å². The number of benzene rings is 3. The van der Waals surface area contributed by atoms with Crippen molar-refractivity contribution in [3.8, 4) is 11.5 Å². The third kappa shape index (κ3) is 5.33. The molecule has 0 fully saturated rings. The second-order valence-electron chi connectivity index (χ2n) is 6.92. The Morgan fingerprint density at radius 3 is 2.22 bits per heavy atom. The molecule has 1 N–H and O–H groups in total. The highest BCUT2D eigenvalue weighted by Gasteiger charge is 2.27. The van der Waals surface area contributed by atoms with Gasteiger partial charge in [-0.25, -0.2) is 8.42 Å². The van der Waals surface area contributed by atoms with Crippen molar-refractivity contribution in [3.63, 3.8) is 0 Å². The maximum Gasteiger partial charge on any atom is 0.264 e. The van der Waals surface area contributed by atoms with E-state index in [9.17, 15) is 13.2 Å². The topological polar surface area (TPSA) is 84.9 Å². The molecule has 32 heavy (non-hydrogen) atoms. The second-order valence-corrected chi connectivity index (χ2v) is 9.21. The van der Waals surface area contributed by atoms with Crippen LogP contribution >= 0.6 is 11.6 Å². The van der Waals surface area contributed by atoms with Crippen LogP contribution in [0.15, 0.2) is 71.6 Å². The number of carbonyl (C=O) groups excluding carboxylic acids is 1. The zero-order chi connectivity index (χ0) is 23.3. The van der Waals surface area contributed by atoms with Crippen LogP contribution in [-0.2, 0) is 14.8 Å². The van der Waals surface area contributed by atoms with Crippen molar-refractivity contribution >= 4 is 38.9 Å². The highest BCUT2D eigenvalue weighted by atomic mass is 35.5. The van der Waals surface area contributed by atoms with Gasteiger partial charge in [0.05, 0.1) is 30.5 Å². The smallest absolute Gasteiger partial charge is 0.264 e. The summed E-state index contributed by atoms with van der Waals surface area (Å²) in [6, 6.07) is 17.6. The summed E-state index contributed by atoms with van der Waals surface area (Å²) in [7, 11) is -1.05. The molecule has 0 spiro atoms. The second kappa shape index (κ2) is 9.93. The molecule has 3 aromatic carbocycles. The Morgan fingerprint density at radius 2 is 1.62 bits per heavy atom. The molecule has 0 heterocycles. The van der Waals surface area contributed by atoms with Gasteiger partial charge in [-0.15, -0.1) is 0 Å². The van der Waals surface area contributed by atoms with Gasteiger partial charge in [0.15, 0.2) is 0 Å². The molecule has 0 bridgehead atoms. The summed E-state index contributed by atoms with van der Waals surface area (Å²) in [4.78, 5) is 13.0. The number of hydrogen-bond acceptors (Lipinski definition) is 5. The Morgan fingerprint density at radius 1 is 0.969 bits per heavy atom. The highest BCUT2D eigenvalue weighted by molar-refractivity contribution is 7.92. The number of aryl methyl sites for hydroxylation is 1.